The highest BCUT2D eigenvalue weighted by atomic mass is 32.1. The predicted octanol–water partition coefficient (Wildman–Crippen LogP) is -9.43. The molecule has 0 aliphatic heterocycles. The van der Waals surface area contributed by atoms with Crippen LogP contribution < -0.4 is 115 Å². The molecule has 0 unspecified atom stereocenters. The van der Waals surface area contributed by atoms with Crippen molar-refractivity contribution < 1.29 is 92.7 Å². The van der Waals surface area contributed by atoms with Gasteiger partial charge in [-0.2, -0.15) is 25.3 Å². The molecule has 616 valence electrons. The van der Waals surface area contributed by atoms with Crippen LogP contribution in [0.25, 0.3) is 0 Å². The number of hydrogen-bond acceptors (Lipinski definition) is 27. The molecule has 2 rings (SSSR count). The zero-order chi connectivity index (χ0) is 83.1. The Bertz CT molecular complexity index is 3400. The van der Waals surface area contributed by atoms with Gasteiger partial charge in [0.2, 0.25) is 76.8 Å². The van der Waals surface area contributed by atoms with E-state index in [1.54, 1.807) is 0 Å². The number of carbonyl (C=O) groups is 14. The monoisotopic (exact) mass is 1590 g/mol. The topological polar surface area (TPSA) is 729 Å². The second-order valence-electron chi connectivity index (χ2n) is 26.6. The molecule has 0 bridgehead atoms. The number of carboxylic acids is 1. The van der Waals surface area contributed by atoms with Crippen molar-refractivity contribution in [3.05, 3.63) is 59.7 Å². The standard InChI is InChI=1S/C67H112N22O19S2/c1-33(90)50(74)62(104)84-45(29-35-12-16-37(92)17-13-35)60(102)89-52(67(3,4)110)64(106)85-46(31-49(73)94)59(101)80-41(11-8-28-77-66(75)76)53(95)81-44(22-27-72)58(100)88-51(34(2)91)63(105)83-43(21-26-71)57(99)78-39(9-5-6-23-68)55(97)87-48(32-109)61(103)82-42(20-25-70)56(98)79-40(10-7-24-69)54(96)86-47(65(107)108)30-36-14-18-38(93)19-15-36/h12-19,33-34,39-48,50-52,90-93,109-110H,5-11,20-32,68-72,74H2,1-4H3,(H2,73,94)(H,78,99)(H,79,98)(H,80,101)(H,81,95)(H,82,103)(H,83,105)(H,84,104)(H,85,106)(H,86,96)(H,87,97)(H,88,100)(H,89,102)(H,107,108)(H4,75,76,77)/t33-,34-,39+,40+,41+,42+,43-,44+,45+,46+,47+,48+,50+,51+,52-/m1/s1. The van der Waals surface area contributed by atoms with Gasteiger partial charge in [-0.3, -0.25) is 67.7 Å². The summed E-state index contributed by atoms with van der Waals surface area (Å²) in [6, 6.07) is -9.60. The molecule has 2 aromatic rings. The summed E-state index contributed by atoms with van der Waals surface area (Å²) in [6.45, 7) is 4.51. The zero-order valence-corrected chi connectivity index (χ0v) is 63.7. The Morgan fingerprint density at radius 3 is 1.15 bits per heavy atom. The summed E-state index contributed by atoms with van der Waals surface area (Å²) in [4.78, 5) is 193. The lowest BCUT2D eigenvalue weighted by Crippen LogP contribution is -2.64. The highest BCUT2D eigenvalue weighted by Gasteiger charge is 2.41. The lowest BCUT2D eigenvalue weighted by molar-refractivity contribution is -0.142. The first kappa shape index (κ1) is 96.3. The van der Waals surface area contributed by atoms with Crippen molar-refractivity contribution in [2.45, 2.75) is 207 Å². The van der Waals surface area contributed by atoms with Gasteiger partial charge < -0.3 is 141 Å². The second-order valence-corrected chi connectivity index (χ2v) is 28.1. The van der Waals surface area contributed by atoms with Gasteiger partial charge in [-0.1, -0.05) is 24.3 Å². The van der Waals surface area contributed by atoms with Gasteiger partial charge in [0.25, 0.3) is 0 Å². The first-order valence-electron chi connectivity index (χ1n) is 35.5. The van der Waals surface area contributed by atoms with Gasteiger partial charge in [-0.25, -0.2) is 4.79 Å². The van der Waals surface area contributed by atoms with Gasteiger partial charge in [0.1, 0.15) is 90.0 Å². The molecule has 0 heterocycles. The Labute approximate surface area is 647 Å². The van der Waals surface area contributed by atoms with Crippen LogP contribution in [0.5, 0.6) is 11.5 Å². The SMILES string of the molecule is C[C@@H](O)[C@H](N)C(=O)N[C@@H](Cc1ccc(O)cc1)C(=O)N[C@H](C(=O)N[C@@H](CC(N)=O)C(=O)N[C@@H](CCCNC(=N)N)C(=O)N[C@@H](CCN)C(=O)N[C@H](C(=O)N[C@H](CCN)C(=O)N[C@@H](CCCCN)C(=O)N[C@@H](CS)C(=O)N[C@@H](CCN)C(=O)N[C@@H](CCCN)C(=O)N[C@@H](Cc1ccc(O)cc1)C(=O)O)[C@@H](C)O)C(C)(C)S. The summed E-state index contributed by atoms with van der Waals surface area (Å²) < 4.78 is -1.50. The van der Waals surface area contributed by atoms with Gasteiger partial charge in [0, 0.05) is 29.9 Å². The van der Waals surface area contributed by atoms with E-state index in [1.165, 1.54) is 69.3 Å². The van der Waals surface area contributed by atoms with Crippen molar-refractivity contribution in [2.75, 3.05) is 45.0 Å². The molecule has 0 saturated carbocycles. The van der Waals surface area contributed by atoms with Gasteiger partial charge in [0.15, 0.2) is 5.96 Å². The molecular formula is C67H112N22O19S2. The number of thiol groups is 2. The zero-order valence-electron chi connectivity index (χ0n) is 61.9. The maximum absolute atomic E-state index is 14.4. The maximum atomic E-state index is 14.4. The number of hydrogen-bond donors (Lipinski definition) is 29. The number of unbranched alkanes of at least 4 members (excludes halogenated alkanes) is 1. The van der Waals surface area contributed by atoms with Gasteiger partial charge in [-0.05, 0) is 160 Å². The van der Waals surface area contributed by atoms with Crippen LogP contribution >= 0.6 is 25.3 Å². The Morgan fingerprint density at radius 1 is 0.427 bits per heavy atom. The average molecular weight is 1590 g/mol. The average Bonchev–Trinajstić information content (AvgIpc) is 0.832. The summed E-state index contributed by atoms with van der Waals surface area (Å²) in [5.74, 6) is -16.1. The molecule has 0 fully saturated rings. The number of phenols is 2. The number of amides is 13. The first-order valence-corrected chi connectivity index (χ1v) is 36.6. The Balaban J connectivity index is 2.42. The number of carbonyl (C=O) groups excluding carboxylic acids is 13. The molecule has 0 aromatic heterocycles. The molecule has 0 radical (unpaired) electrons. The van der Waals surface area contributed by atoms with E-state index in [2.05, 4.69) is 94.4 Å². The molecule has 43 heteroatoms. The number of aromatic hydroxyl groups is 2. The van der Waals surface area contributed by atoms with Gasteiger partial charge >= 0.3 is 5.97 Å². The van der Waals surface area contributed by atoms with Crippen molar-refractivity contribution in [2.24, 2.45) is 45.9 Å². The first-order chi connectivity index (χ1) is 51.7. The van der Waals surface area contributed by atoms with Crippen LogP contribution in [-0.2, 0) is 80.0 Å². The van der Waals surface area contributed by atoms with E-state index in [9.17, 15) is 92.7 Å². The van der Waals surface area contributed by atoms with E-state index in [0.717, 1.165) is 6.92 Å². The molecule has 13 amide bonds. The molecule has 0 spiro atoms. The third kappa shape index (κ3) is 34.9. The summed E-state index contributed by atoms with van der Waals surface area (Å²) in [5.41, 5.74) is 46.8. The molecule has 0 aliphatic carbocycles. The minimum Gasteiger partial charge on any atom is -0.508 e. The number of phenolic OH excluding ortho intramolecular Hbond substituents is 2. The molecule has 2 aromatic carbocycles. The number of aliphatic hydroxyl groups excluding tert-OH is 2. The Hall–Kier alpha value is -9.73. The molecule has 110 heavy (non-hydrogen) atoms. The minimum atomic E-state index is -1.92. The van der Waals surface area contributed by atoms with Crippen molar-refractivity contribution in [3.63, 3.8) is 0 Å². The van der Waals surface area contributed by atoms with Crippen LogP contribution in [0, 0.1) is 5.41 Å². The number of guanidine groups is 1. The number of nitrogens with one attached hydrogen (secondary N) is 14. The smallest absolute Gasteiger partial charge is 0.326 e. The lowest BCUT2D eigenvalue weighted by atomic mass is 9.99. The van der Waals surface area contributed by atoms with E-state index in [4.69, 9.17) is 51.3 Å². The van der Waals surface area contributed by atoms with Gasteiger partial charge in [-0.15, -0.1) is 0 Å². The quantitative estimate of drug-likeness (QED) is 0.0127. The fourth-order valence-corrected chi connectivity index (χ4v) is 11.0. The maximum Gasteiger partial charge on any atom is 0.326 e. The van der Waals surface area contributed by atoms with E-state index < -0.39 is 196 Å². The minimum absolute atomic E-state index is 0.0353. The van der Waals surface area contributed by atoms with E-state index in [-0.39, 0.29) is 121 Å². The van der Waals surface area contributed by atoms with Crippen molar-refractivity contribution in [1.82, 2.24) is 69.1 Å². The summed E-state index contributed by atoms with van der Waals surface area (Å²) in [5, 5.41) is 89.9. The highest BCUT2D eigenvalue weighted by molar-refractivity contribution is 7.81. The fourth-order valence-electron chi connectivity index (χ4n) is 10.6. The number of rotatable bonds is 52. The number of carboxylic acid groups (broad SMARTS) is 1. The molecule has 15 atom stereocenters. The fraction of sp³-hybridized carbons (Fsp3) is 0.597. The van der Waals surface area contributed by atoms with Crippen LogP contribution in [0.2, 0.25) is 0 Å². The summed E-state index contributed by atoms with van der Waals surface area (Å²) in [7, 11) is 0. The highest BCUT2D eigenvalue weighted by Crippen LogP contribution is 2.21. The number of aliphatic hydroxyl groups is 2. The number of nitrogens with two attached hydrogens (primary N) is 8. The van der Waals surface area contributed by atoms with Crippen LogP contribution in [0.1, 0.15) is 109 Å². The van der Waals surface area contributed by atoms with Crippen LogP contribution in [-0.4, -0.2) is 255 Å². The molecular weight excluding hydrogens is 1480 g/mol. The molecule has 0 aliphatic rings. The van der Waals surface area contributed by atoms with Gasteiger partial charge in [0.05, 0.1) is 18.6 Å². The Morgan fingerprint density at radius 2 is 0.773 bits per heavy atom. The van der Waals surface area contributed by atoms with E-state index >= 15 is 0 Å². The third-order valence-electron chi connectivity index (χ3n) is 16.8. The third-order valence-corrected chi connectivity index (χ3v) is 17.4. The largest absolute Gasteiger partial charge is 0.508 e. The normalized spacial score (nSPS) is 15.4. The van der Waals surface area contributed by atoms with Crippen molar-refractivity contribution in [1.29, 1.82) is 5.41 Å². The summed E-state index contributed by atoms with van der Waals surface area (Å²) >= 11 is 8.77. The van der Waals surface area contributed by atoms with Crippen LogP contribution in [0.15, 0.2) is 48.5 Å². The van der Waals surface area contributed by atoms with Crippen LogP contribution in [0.3, 0.4) is 0 Å². The van der Waals surface area contributed by atoms with E-state index in [1.807, 2.05) is 0 Å². The number of aliphatic carboxylic acids is 1. The molecule has 41 nitrogen and oxygen atoms in total. The van der Waals surface area contributed by atoms with E-state index in [0.29, 0.717) is 17.5 Å². The van der Waals surface area contributed by atoms with Crippen molar-refractivity contribution >= 4 is 114 Å². The van der Waals surface area contributed by atoms with Crippen molar-refractivity contribution in [3.8, 4) is 11.5 Å². The number of benzene rings is 2. The molecule has 0 saturated heterocycles. The second kappa shape index (κ2) is 49.4. The van der Waals surface area contributed by atoms with Crippen LogP contribution in [0.4, 0.5) is 0 Å². The number of primary amides is 1. The predicted molar refractivity (Wildman–Crippen MR) is 408 cm³/mol. The molecule has 35 N–H and O–H groups in total. The summed E-state index contributed by atoms with van der Waals surface area (Å²) in [6.07, 6.45) is -5.15. The lowest BCUT2D eigenvalue weighted by Gasteiger charge is -2.33. The Kier molecular flexibility index (Phi) is 43.3.